The van der Waals surface area contributed by atoms with Crippen LogP contribution < -0.4 is 9.47 Å². The molecule has 1 aliphatic heterocycles. The molecule has 1 heterocycles. The molecular weight excluding hydrogens is 294 g/mol. The van der Waals surface area contributed by atoms with E-state index in [-0.39, 0.29) is 12.1 Å². The lowest BCUT2D eigenvalue weighted by Crippen LogP contribution is -2.36. The van der Waals surface area contributed by atoms with Gasteiger partial charge >= 0.3 is 6.09 Å². The van der Waals surface area contributed by atoms with Crippen molar-refractivity contribution in [2.75, 3.05) is 27.4 Å². The van der Waals surface area contributed by atoms with E-state index >= 15 is 0 Å². The highest BCUT2D eigenvalue weighted by Gasteiger charge is 2.42. The molecule has 5 nitrogen and oxygen atoms in total. The zero-order valence-electron chi connectivity index (χ0n) is 13.5. The molecule has 2 atom stereocenters. The fourth-order valence-corrected chi connectivity index (χ4v) is 4.19. The minimum atomic E-state index is -0.205. The van der Waals surface area contributed by atoms with Gasteiger partial charge in [-0.1, -0.05) is 11.6 Å². The number of amides is 1. The van der Waals surface area contributed by atoms with Gasteiger partial charge in [-0.15, -0.1) is 0 Å². The van der Waals surface area contributed by atoms with Crippen molar-refractivity contribution in [3.05, 3.63) is 28.8 Å². The van der Waals surface area contributed by atoms with Crippen LogP contribution in [0, 0.1) is 5.92 Å². The largest absolute Gasteiger partial charge is 0.493 e. The van der Waals surface area contributed by atoms with Gasteiger partial charge in [0.05, 0.1) is 26.8 Å². The van der Waals surface area contributed by atoms with Crippen LogP contribution in [0.3, 0.4) is 0 Å². The van der Waals surface area contributed by atoms with Crippen molar-refractivity contribution in [2.24, 2.45) is 5.92 Å². The molecule has 1 saturated carbocycles. The lowest BCUT2D eigenvalue weighted by Gasteiger charge is -2.36. The Morgan fingerprint density at radius 3 is 2.70 bits per heavy atom. The van der Waals surface area contributed by atoms with Crippen molar-refractivity contribution in [1.29, 1.82) is 0 Å². The Morgan fingerprint density at radius 2 is 2.00 bits per heavy atom. The standard InChI is InChI=1S/C18H21NO4/c1-21-15-9-12-8-11-4-3-5-13(11)17(14(12)10-16(15)22-2)19-6-7-23-18(19)20/h8-10,13,17H,3-7H2,1-2H3/t13-,17+/m1/s1. The van der Waals surface area contributed by atoms with Gasteiger partial charge in [0.1, 0.15) is 6.61 Å². The quantitative estimate of drug-likeness (QED) is 0.858. The van der Waals surface area contributed by atoms with E-state index in [1.165, 1.54) is 12.0 Å². The Morgan fingerprint density at radius 1 is 1.22 bits per heavy atom. The van der Waals surface area contributed by atoms with E-state index in [1.54, 1.807) is 14.2 Å². The lowest BCUT2D eigenvalue weighted by atomic mass is 9.80. The molecule has 0 bridgehead atoms. The predicted octanol–water partition coefficient (Wildman–Crippen LogP) is 3.39. The maximum Gasteiger partial charge on any atom is 0.410 e. The minimum Gasteiger partial charge on any atom is -0.493 e. The summed E-state index contributed by atoms with van der Waals surface area (Å²) in [5, 5.41) is 0. The monoisotopic (exact) mass is 315 g/mol. The second-order valence-electron chi connectivity index (χ2n) is 6.31. The molecule has 1 aromatic rings. The molecule has 3 aliphatic rings. The molecule has 0 N–H and O–H groups in total. The van der Waals surface area contributed by atoms with Gasteiger partial charge in [0.15, 0.2) is 11.5 Å². The molecule has 2 aliphatic carbocycles. The zero-order valence-corrected chi connectivity index (χ0v) is 13.5. The van der Waals surface area contributed by atoms with E-state index in [9.17, 15) is 4.79 Å². The minimum absolute atomic E-state index is 0.0438. The zero-order chi connectivity index (χ0) is 16.0. The van der Waals surface area contributed by atoms with Crippen molar-refractivity contribution >= 4 is 12.2 Å². The van der Waals surface area contributed by atoms with Gasteiger partial charge in [0.2, 0.25) is 0 Å². The maximum absolute atomic E-state index is 12.2. The molecule has 0 aromatic heterocycles. The van der Waals surface area contributed by atoms with E-state index in [1.807, 2.05) is 17.0 Å². The summed E-state index contributed by atoms with van der Waals surface area (Å²) in [5.41, 5.74) is 3.70. The third kappa shape index (κ3) is 2.18. The first-order chi connectivity index (χ1) is 11.2. The van der Waals surface area contributed by atoms with Gasteiger partial charge in [-0.2, -0.15) is 0 Å². The van der Waals surface area contributed by atoms with E-state index in [0.717, 1.165) is 29.7 Å². The number of ether oxygens (including phenoxy) is 3. The van der Waals surface area contributed by atoms with Crippen molar-refractivity contribution in [3.63, 3.8) is 0 Å². The number of fused-ring (bicyclic) bond motifs is 2. The molecule has 23 heavy (non-hydrogen) atoms. The molecule has 1 aromatic carbocycles. The highest BCUT2D eigenvalue weighted by atomic mass is 16.6. The number of benzene rings is 1. The van der Waals surface area contributed by atoms with Gasteiger partial charge in [-0.25, -0.2) is 4.79 Å². The van der Waals surface area contributed by atoms with E-state index in [4.69, 9.17) is 14.2 Å². The fourth-order valence-electron chi connectivity index (χ4n) is 4.19. The third-order valence-electron chi connectivity index (χ3n) is 5.21. The molecular formula is C18H21NO4. The van der Waals surface area contributed by atoms with Crippen LogP contribution in [-0.2, 0) is 4.74 Å². The van der Waals surface area contributed by atoms with Crippen LogP contribution in [0.15, 0.2) is 17.7 Å². The molecule has 1 amide bonds. The van der Waals surface area contributed by atoms with Crippen LogP contribution >= 0.6 is 0 Å². The highest BCUT2D eigenvalue weighted by Crippen LogP contribution is 2.50. The summed E-state index contributed by atoms with van der Waals surface area (Å²) in [7, 11) is 3.29. The van der Waals surface area contributed by atoms with Crippen LogP contribution in [0.2, 0.25) is 0 Å². The molecule has 0 spiro atoms. The van der Waals surface area contributed by atoms with Crippen LogP contribution in [0.5, 0.6) is 11.5 Å². The van der Waals surface area contributed by atoms with Crippen molar-refractivity contribution in [1.82, 2.24) is 4.90 Å². The van der Waals surface area contributed by atoms with Crippen LogP contribution in [0.1, 0.15) is 36.4 Å². The Bertz CT molecular complexity index is 682. The van der Waals surface area contributed by atoms with Gasteiger partial charge in [0.25, 0.3) is 0 Å². The average Bonchev–Trinajstić information content (AvgIpc) is 3.20. The lowest BCUT2D eigenvalue weighted by molar-refractivity contribution is 0.138. The number of nitrogens with zero attached hydrogens (tertiary/aromatic N) is 1. The number of rotatable bonds is 3. The summed E-state index contributed by atoms with van der Waals surface area (Å²) in [4.78, 5) is 14.1. The number of carbonyl (C=O) groups is 1. The van der Waals surface area contributed by atoms with E-state index in [0.29, 0.717) is 24.8 Å². The van der Waals surface area contributed by atoms with E-state index in [2.05, 4.69) is 6.08 Å². The van der Waals surface area contributed by atoms with Crippen molar-refractivity contribution in [2.45, 2.75) is 25.3 Å². The summed E-state index contributed by atoms with van der Waals surface area (Å²) in [6.45, 7) is 1.13. The van der Waals surface area contributed by atoms with Crippen molar-refractivity contribution in [3.8, 4) is 11.5 Å². The third-order valence-corrected chi connectivity index (χ3v) is 5.21. The first-order valence-electron chi connectivity index (χ1n) is 8.12. The van der Waals surface area contributed by atoms with Crippen LogP contribution in [-0.4, -0.2) is 38.4 Å². The number of hydrogen-bond donors (Lipinski definition) is 0. The smallest absolute Gasteiger partial charge is 0.410 e. The predicted molar refractivity (Wildman–Crippen MR) is 85.7 cm³/mol. The number of carbonyl (C=O) groups excluding carboxylic acids is 1. The Hall–Kier alpha value is -2.17. The summed E-state index contributed by atoms with van der Waals surface area (Å²) in [6.07, 6.45) is 5.47. The Balaban J connectivity index is 1.86. The second-order valence-corrected chi connectivity index (χ2v) is 6.31. The number of methoxy groups -OCH3 is 2. The normalized spacial score (nSPS) is 25.6. The maximum atomic E-state index is 12.2. The molecule has 122 valence electrons. The molecule has 1 saturated heterocycles. The molecule has 4 rings (SSSR count). The summed E-state index contributed by atoms with van der Waals surface area (Å²) >= 11 is 0. The van der Waals surface area contributed by atoms with Gasteiger partial charge in [-0.05, 0) is 42.5 Å². The molecule has 2 fully saturated rings. The van der Waals surface area contributed by atoms with Gasteiger partial charge in [-0.3, -0.25) is 4.90 Å². The van der Waals surface area contributed by atoms with Gasteiger partial charge < -0.3 is 14.2 Å². The first kappa shape index (κ1) is 14.4. The highest BCUT2D eigenvalue weighted by molar-refractivity contribution is 5.73. The fraction of sp³-hybridized carbons (Fsp3) is 0.500. The van der Waals surface area contributed by atoms with E-state index < -0.39 is 0 Å². The van der Waals surface area contributed by atoms with Crippen LogP contribution in [0.4, 0.5) is 4.79 Å². The number of hydrogen-bond acceptors (Lipinski definition) is 4. The van der Waals surface area contributed by atoms with Crippen molar-refractivity contribution < 1.29 is 19.0 Å². The molecule has 0 unspecified atom stereocenters. The molecule has 0 radical (unpaired) electrons. The van der Waals surface area contributed by atoms with Crippen LogP contribution in [0.25, 0.3) is 6.08 Å². The molecule has 5 heteroatoms. The SMILES string of the molecule is COc1cc2c(cc1OC)[C@@H](N1CCOC1=O)[C@@H]1CCCC1=C2. The van der Waals surface area contributed by atoms with Gasteiger partial charge in [0, 0.05) is 5.92 Å². The summed E-state index contributed by atoms with van der Waals surface area (Å²) in [5.74, 6) is 1.83. The topological polar surface area (TPSA) is 48.0 Å². The second kappa shape index (κ2) is 5.48. The summed E-state index contributed by atoms with van der Waals surface area (Å²) in [6, 6.07) is 4.09. The first-order valence-corrected chi connectivity index (χ1v) is 8.12. The Kier molecular flexibility index (Phi) is 3.43. The summed E-state index contributed by atoms with van der Waals surface area (Å²) < 4.78 is 16.1. The number of cyclic esters (lactones) is 1. The Labute approximate surface area is 135 Å². The average molecular weight is 315 g/mol.